The molecule has 0 aromatic carbocycles. The Kier molecular flexibility index (Phi) is 6.70. The van der Waals surface area contributed by atoms with Gasteiger partial charge in [-0.15, -0.1) is 0 Å². The zero-order valence-electron chi connectivity index (χ0n) is 22.8. The highest BCUT2D eigenvalue weighted by Gasteiger charge is 2.70. The predicted molar refractivity (Wildman–Crippen MR) is 136 cm³/mol. The normalized spacial score (nSPS) is 44.6. The molecule has 0 radical (unpaired) electrons. The number of Topliss-reactive ketones (excluding diaryl/α,β-unsaturated/α-hetero) is 1. The number of carbonyl (C=O) groups excluding carboxylic acids is 3. The summed E-state index contributed by atoms with van der Waals surface area (Å²) in [5.74, 6) is 0.859. The van der Waals surface area contributed by atoms with Crippen molar-refractivity contribution in [2.24, 2.45) is 34.5 Å². The highest BCUT2D eigenvalue weighted by molar-refractivity contribution is 6.70. The van der Waals surface area contributed by atoms with E-state index in [1.54, 1.807) is 6.92 Å². The van der Waals surface area contributed by atoms with Crippen LogP contribution in [0.2, 0.25) is 19.6 Å². The van der Waals surface area contributed by atoms with E-state index in [9.17, 15) is 14.4 Å². The Morgan fingerprint density at radius 2 is 1.57 bits per heavy atom. The van der Waals surface area contributed by atoms with Crippen molar-refractivity contribution in [2.45, 2.75) is 111 Å². The fourth-order valence-corrected chi connectivity index (χ4v) is 9.96. The minimum Gasteiger partial charge on any atom is -0.463 e. The zero-order chi connectivity index (χ0) is 26.0. The Hall–Kier alpha value is -1.47. The molecule has 4 aliphatic carbocycles. The van der Waals surface area contributed by atoms with E-state index in [-0.39, 0.29) is 35.2 Å². The second-order valence-electron chi connectivity index (χ2n) is 13.1. The first-order valence-corrected chi connectivity index (χ1v) is 16.8. The van der Waals surface area contributed by atoms with Crippen LogP contribution in [0.4, 0.5) is 0 Å². The van der Waals surface area contributed by atoms with Crippen LogP contribution in [0.1, 0.15) is 73.1 Å². The van der Waals surface area contributed by atoms with E-state index in [0.29, 0.717) is 17.8 Å². The number of ketones is 1. The predicted octanol–water partition coefficient (Wildman–Crippen LogP) is 5.46. The van der Waals surface area contributed by atoms with Gasteiger partial charge in [0.25, 0.3) is 0 Å². The summed E-state index contributed by atoms with van der Waals surface area (Å²) >= 11 is 0. The summed E-state index contributed by atoms with van der Waals surface area (Å²) in [6.07, 6.45) is 9.53. The largest absolute Gasteiger partial charge is 0.463 e. The fourth-order valence-electron chi connectivity index (χ4n) is 8.56. The van der Waals surface area contributed by atoms with Crippen LogP contribution in [-0.4, -0.2) is 43.8 Å². The minimum atomic E-state index is -2.11. The molecule has 4 rings (SSSR count). The molecule has 0 aromatic heterocycles. The first kappa shape index (κ1) is 26.6. The Balaban J connectivity index is 1.73. The maximum absolute atomic E-state index is 13.4. The van der Waals surface area contributed by atoms with Crippen molar-refractivity contribution >= 4 is 26.0 Å². The summed E-state index contributed by atoms with van der Waals surface area (Å²) in [5.41, 5.74) is -1.61. The van der Waals surface area contributed by atoms with Crippen molar-refractivity contribution < 1.29 is 28.3 Å². The van der Waals surface area contributed by atoms with Crippen LogP contribution in [0.5, 0.6) is 0 Å². The lowest BCUT2D eigenvalue weighted by atomic mass is 9.43. The lowest BCUT2D eigenvalue weighted by Gasteiger charge is -2.63. The summed E-state index contributed by atoms with van der Waals surface area (Å²) in [4.78, 5) is 37.3. The van der Waals surface area contributed by atoms with Gasteiger partial charge in [0, 0.05) is 19.3 Å². The average Bonchev–Trinajstić information content (AvgIpc) is 3.01. The van der Waals surface area contributed by atoms with E-state index in [1.165, 1.54) is 13.8 Å². The summed E-state index contributed by atoms with van der Waals surface area (Å²) < 4.78 is 18.5. The van der Waals surface area contributed by atoms with Gasteiger partial charge in [0.15, 0.2) is 14.1 Å². The van der Waals surface area contributed by atoms with E-state index in [2.05, 4.69) is 39.6 Å². The Morgan fingerprint density at radius 1 is 0.914 bits per heavy atom. The summed E-state index contributed by atoms with van der Waals surface area (Å²) in [6.45, 7) is 15.5. The highest BCUT2D eigenvalue weighted by Crippen LogP contribution is 2.68. The van der Waals surface area contributed by atoms with E-state index in [4.69, 9.17) is 13.9 Å². The lowest BCUT2D eigenvalue weighted by molar-refractivity contribution is -0.211. The molecule has 3 saturated carbocycles. The van der Waals surface area contributed by atoms with E-state index >= 15 is 0 Å². The molecule has 0 bridgehead atoms. The molecule has 35 heavy (non-hydrogen) atoms. The molecule has 4 aliphatic rings. The number of rotatable bonds is 5. The second kappa shape index (κ2) is 8.82. The fraction of sp³-hybridized carbons (Fsp3) is 0.821. The number of allylic oxidation sites excluding steroid dienone is 1. The molecule has 0 saturated heterocycles. The highest BCUT2D eigenvalue weighted by atomic mass is 28.4. The smallest absolute Gasteiger partial charge is 0.302 e. The Labute approximate surface area is 211 Å². The first-order valence-electron chi connectivity index (χ1n) is 13.4. The van der Waals surface area contributed by atoms with Crippen LogP contribution in [-0.2, 0) is 28.3 Å². The van der Waals surface area contributed by atoms with Crippen molar-refractivity contribution in [3.63, 3.8) is 0 Å². The summed E-state index contributed by atoms with van der Waals surface area (Å²) in [5, 5.41) is 0. The minimum absolute atomic E-state index is 0.00133. The zero-order valence-corrected chi connectivity index (χ0v) is 23.8. The van der Waals surface area contributed by atoms with Crippen LogP contribution < -0.4 is 0 Å². The van der Waals surface area contributed by atoms with Gasteiger partial charge in [0.1, 0.15) is 17.8 Å². The molecule has 0 aliphatic heterocycles. The van der Waals surface area contributed by atoms with E-state index < -0.39 is 25.4 Å². The number of hydrogen-bond acceptors (Lipinski definition) is 6. The molecule has 0 N–H and O–H groups in total. The average molecular weight is 505 g/mol. The molecule has 0 unspecified atom stereocenters. The van der Waals surface area contributed by atoms with Gasteiger partial charge in [-0.2, -0.15) is 0 Å². The van der Waals surface area contributed by atoms with Gasteiger partial charge in [0.2, 0.25) is 0 Å². The molecule has 0 heterocycles. The number of fused-ring (bicyclic) bond motifs is 5. The third-order valence-electron chi connectivity index (χ3n) is 9.96. The molecule has 196 valence electrons. The van der Waals surface area contributed by atoms with Crippen molar-refractivity contribution in [2.75, 3.05) is 0 Å². The SMILES string of the molecule is CC(=O)O[C@H]1CC[C@@]2(C)[C@@H](CC[C@@H]3[C@@H]2C[C@@H](OC(C)=O)[C@@]2(C)[C@H]3C=C[C@]2(O[Si](C)(C)C)C(C)=O)C1. The van der Waals surface area contributed by atoms with Crippen molar-refractivity contribution in [3.05, 3.63) is 12.2 Å². The van der Waals surface area contributed by atoms with Crippen molar-refractivity contribution in [1.82, 2.24) is 0 Å². The lowest BCUT2D eigenvalue weighted by Crippen LogP contribution is -2.67. The Morgan fingerprint density at radius 3 is 2.14 bits per heavy atom. The third kappa shape index (κ3) is 4.24. The molecule has 9 atom stereocenters. The van der Waals surface area contributed by atoms with Gasteiger partial charge in [-0.05, 0) is 100 Å². The summed E-state index contributed by atoms with van der Waals surface area (Å²) in [6, 6.07) is 0. The molecular weight excluding hydrogens is 460 g/mol. The number of ether oxygens (including phenoxy) is 2. The van der Waals surface area contributed by atoms with Crippen LogP contribution in [0.15, 0.2) is 12.2 Å². The number of hydrogen-bond donors (Lipinski definition) is 0. The monoisotopic (exact) mass is 504 g/mol. The number of carbonyl (C=O) groups is 3. The first-order chi connectivity index (χ1) is 16.1. The molecule has 3 fully saturated rings. The van der Waals surface area contributed by atoms with Gasteiger partial charge in [-0.3, -0.25) is 14.4 Å². The van der Waals surface area contributed by atoms with E-state index in [1.807, 2.05) is 6.08 Å². The maximum atomic E-state index is 13.4. The maximum Gasteiger partial charge on any atom is 0.302 e. The molecule has 0 amide bonds. The van der Waals surface area contributed by atoms with Gasteiger partial charge in [-0.1, -0.05) is 19.9 Å². The van der Waals surface area contributed by atoms with Crippen LogP contribution in [0, 0.1) is 34.5 Å². The molecule has 0 spiro atoms. The topological polar surface area (TPSA) is 78.9 Å². The van der Waals surface area contributed by atoms with Gasteiger partial charge >= 0.3 is 11.9 Å². The van der Waals surface area contributed by atoms with Crippen molar-refractivity contribution in [3.8, 4) is 0 Å². The van der Waals surface area contributed by atoms with Crippen LogP contribution >= 0.6 is 0 Å². The van der Waals surface area contributed by atoms with Crippen LogP contribution in [0.25, 0.3) is 0 Å². The molecule has 0 aromatic rings. The quantitative estimate of drug-likeness (QED) is 0.281. The third-order valence-corrected chi connectivity index (χ3v) is 10.9. The van der Waals surface area contributed by atoms with Gasteiger partial charge in [0.05, 0.1) is 0 Å². The van der Waals surface area contributed by atoms with Crippen molar-refractivity contribution in [1.29, 1.82) is 0 Å². The van der Waals surface area contributed by atoms with E-state index in [0.717, 1.165) is 38.5 Å². The Bertz CT molecular complexity index is 923. The summed E-state index contributed by atoms with van der Waals surface area (Å²) in [7, 11) is -2.11. The standard InChI is InChI=1S/C28H44O6Si/c1-17(29)28(34-35(6,7)8)14-12-23-22-10-9-20-15-21(32-18(2)30)11-13-26(20,4)24(22)16-25(27(23,28)5)33-19(3)31/h12,14,20-25H,9-11,13,15-16H2,1-8H3/t20-,21-,22-,23-,24-,25+,26-,27+,28-/m0/s1. The molecular formula is C28H44O6Si. The molecule has 7 heteroatoms. The van der Waals surface area contributed by atoms with Gasteiger partial charge in [-0.25, -0.2) is 0 Å². The van der Waals surface area contributed by atoms with Crippen LogP contribution in [0.3, 0.4) is 0 Å². The van der Waals surface area contributed by atoms with Gasteiger partial charge < -0.3 is 13.9 Å². The number of esters is 2. The second-order valence-corrected chi connectivity index (χ2v) is 17.5. The molecule has 6 nitrogen and oxygen atoms in total.